The normalized spacial score (nSPS) is 25.2. The molecule has 2 aliphatic rings. The summed E-state index contributed by atoms with van der Waals surface area (Å²) in [6.45, 7) is 7.94. The highest BCUT2D eigenvalue weighted by Gasteiger charge is 2.35. The lowest BCUT2D eigenvalue weighted by Gasteiger charge is -2.12. The molecule has 0 aliphatic carbocycles. The van der Waals surface area contributed by atoms with Gasteiger partial charge in [-0.05, 0) is 50.6 Å². The highest BCUT2D eigenvalue weighted by atomic mass is 16.6. The fourth-order valence-corrected chi connectivity index (χ4v) is 2.85. The largest absolute Gasteiger partial charge is 0.392 e. The first-order valence-corrected chi connectivity index (χ1v) is 7.87. The fourth-order valence-electron chi connectivity index (χ4n) is 2.85. The minimum atomic E-state index is 0.491. The number of fused-ring (bicyclic) bond motifs is 2. The van der Waals surface area contributed by atoms with Gasteiger partial charge in [-0.25, -0.2) is 0 Å². The van der Waals surface area contributed by atoms with Gasteiger partial charge in [-0.3, -0.25) is 4.90 Å². The monoisotopic (exact) mass is 294 g/mol. The van der Waals surface area contributed by atoms with Gasteiger partial charge in [-0.2, -0.15) is 0 Å². The zero-order chi connectivity index (χ0) is 15.4. The summed E-state index contributed by atoms with van der Waals surface area (Å²) < 4.78 is 0. The van der Waals surface area contributed by atoms with Crippen molar-refractivity contribution in [1.29, 1.82) is 0 Å². The maximum atomic E-state index is 5.43. The Bertz CT molecular complexity index is 646. The SMILES string of the molecule is C/C(C#Cc1ccc(C)cc1)=C\CO/N=C1\CN2CCC1C2. The number of hydrogen-bond donors (Lipinski definition) is 0. The van der Waals surface area contributed by atoms with E-state index in [1.54, 1.807) is 0 Å². The average molecular weight is 294 g/mol. The topological polar surface area (TPSA) is 24.8 Å². The zero-order valence-electron chi connectivity index (χ0n) is 13.3. The van der Waals surface area contributed by atoms with Crippen LogP contribution in [0.15, 0.2) is 41.1 Å². The van der Waals surface area contributed by atoms with E-state index in [2.05, 4.69) is 41.0 Å². The van der Waals surface area contributed by atoms with Crippen LogP contribution in [0.2, 0.25) is 0 Å². The van der Waals surface area contributed by atoms with Crippen molar-refractivity contribution in [3.8, 4) is 11.8 Å². The summed E-state index contributed by atoms with van der Waals surface area (Å²) in [5.41, 5.74) is 4.51. The van der Waals surface area contributed by atoms with Gasteiger partial charge in [0, 0.05) is 24.6 Å². The van der Waals surface area contributed by atoms with Crippen LogP contribution < -0.4 is 0 Å². The number of benzene rings is 1. The Morgan fingerprint density at radius 1 is 1.41 bits per heavy atom. The van der Waals surface area contributed by atoms with Gasteiger partial charge >= 0.3 is 0 Å². The second-order valence-electron chi connectivity index (χ2n) is 6.10. The minimum Gasteiger partial charge on any atom is -0.392 e. The van der Waals surface area contributed by atoms with E-state index < -0.39 is 0 Å². The first kappa shape index (κ1) is 14.9. The Morgan fingerprint density at radius 3 is 2.91 bits per heavy atom. The van der Waals surface area contributed by atoms with Crippen molar-refractivity contribution in [3.05, 3.63) is 47.0 Å². The molecule has 2 heterocycles. The molecule has 2 unspecified atom stereocenters. The average Bonchev–Trinajstić information content (AvgIpc) is 3.14. The number of nitrogens with zero attached hydrogens (tertiary/aromatic N) is 2. The molecule has 2 atom stereocenters. The van der Waals surface area contributed by atoms with E-state index in [9.17, 15) is 0 Å². The van der Waals surface area contributed by atoms with E-state index in [0.717, 1.165) is 17.7 Å². The molecule has 114 valence electrons. The molecule has 1 aromatic carbocycles. The fraction of sp³-hybridized carbons (Fsp3) is 0.421. The summed E-state index contributed by atoms with van der Waals surface area (Å²) in [7, 11) is 0. The molecule has 1 aromatic rings. The highest BCUT2D eigenvalue weighted by molar-refractivity contribution is 5.91. The number of hydrogen-bond acceptors (Lipinski definition) is 3. The standard InChI is InChI=1S/C19H22N2O/c1-15-3-6-17(7-4-15)8-5-16(2)10-12-22-20-19-14-21-11-9-18(19)13-21/h3-4,6-7,10,18H,9,11-14H2,1-2H3/b16-10+,20-19+. The Labute approximate surface area is 132 Å². The summed E-state index contributed by atoms with van der Waals surface area (Å²) in [6.07, 6.45) is 3.22. The van der Waals surface area contributed by atoms with Gasteiger partial charge in [0.1, 0.15) is 6.61 Å². The smallest absolute Gasteiger partial charge is 0.136 e. The van der Waals surface area contributed by atoms with Gasteiger partial charge in [0.2, 0.25) is 0 Å². The minimum absolute atomic E-state index is 0.491. The predicted octanol–water partition coefficient (Wildman–Crippen LogP) is 3.00. The molecule has 3 heteroatoms. The number of aryl methyl sites for hydroxylation is 1. The molecule has 2 bridgehead atoms. The van der Waals surface area contributed by atoms with Crippen molar-refractivity contribution in [3.63, 3.8) is 0 Å². The number of piperidine rings is 1. The molecular formula is C19H22N2O. The lowest BCUT2D eigenvalue weighted by atomic mass is 10.0. The molecule has 2 saturated heterocycles. The van der Waals surface area contributed by atoms with Crippen LogP contribution in [0, 0.1) is 24.7 Å². The zero-order valence-corrected chi connectivity index (χ0v) is 13.3. The lowest BCUT2D eigenvalue weighted by molar-refractivity contribution is 0.171. The van der Waals surface area contributed by atoms with Crippen LogP contribution in [0.25, 0.3) is 0 Å². The molecule has 2 fully saturated rings. The molecule has 22 heavy (non-hydrogen) atoms. The summed E-state index contributed by atoms with van der Waals surface area (Å²) in [5.74, 6) is 6.94. The van der Waals surface area contributed by atoms with Gasteiger partial charge in [-0.15, -0.1) is 0 Å². The molecule has 0 spiro atoms. The maximum absolute atomic E-state index is 5.43. The maximum Gasteiger partial charge on any atom is 0.136 e. The molecular weight excluding hydrogens is 272 g/mol. The molecule has 3 nitrogen and oxygen atoms in total. The van der Waals surface area contributed by atoms with Crippen molar-refractivity contribution >= 4 is 5.71 Å². The van der Waals surface area contributed by atoms with E-state index in [-0.39, 0.29) is 0 Å². The second-order valence-corrected chi connectivity index (χ2v) is 6.10. The van der Waals surface area contributed by atoms with Gasteiger partial charge in [-0.1, -0.05) is 34.7 Å². The number of oxime groups is 1. The van der Waals surface area contributed by atoms with Crippen LogP contribution in [0.4, 0.5) is 0 Å². The quantitative estimate of drug-likeness (QED) is 0.486. The second kappa shape index (κ2) is 6.81. The molecule has 0 saturated carbocycles. The Balaban J connectivity index is 1.48. The highest BCUT2D eigenvalue weighted by Crippen LogP contribution is 2.25. The van der Waals surface area contributed by atoms with E-state index in [1.807, 2.05) is 25.1 Å². The molecule has 0 N–H and O–H groups in total. The summed E-state index contributed by atoms with van der Waals surface area (Å²) in [4.78, 5) is 7.86. The van der Waals surface area contributed by atoms with Crippen LogP contribution in [-0.2, 0) is 4.84 Å². The van der Waals surface area contributed by atoms with E-state index >= 15 is 0 Å². The predicted molar refractivity (Wildman–Crippen MR) is 89.7 cm³/mol. The van der Waals surface area contributed by atoms with E-state index in [4.69, 9.17) is 4.84 Å². The van der Waals surface area contributed by atoms with Gasteiger partial charge < -0.3 is 4.84 Å². The van der Waals surface area contributed by atoms with Crippen LogP contribution >= 0.6 is 0 Å². The Kier molecular flexibility index (Phi) is 4.60. The van der Waals surface area contributed by atoms with Crippen molar-refractivity contribution in [2.45, 2.75) is 20.3 Å². The third kappa shape index (κ3) is 3.78. The number of allylic oxidation sites excluding steroid dienone is 1. The molecule has 3 rings (SSSR count). The van der Waals surface area contributed by atoms with Gasteiger partial charge in [0.25, 0.3) is 0 Å². The van der Waals surface area contributed by atoms with Crippen molar-refractivity contribution in [1.82, 2.24) is 4.90 Å². The summed E-state index contributed by atoms with van der Waals surface area (Å²) in [6, 6.07) is 8.24. The van der Waals surface area contributed by atoms with Gasteiger partial charge in [0.15, 0.2) is 0 Å². The Hall–Kier alpha value is -2.05. The molecule has 0 aromatic heterocycles. The van der Waals surface area contributed by atoms with Crippen molar-refractivity contribution < 1.29 is 4.84 Å². The van der Waals surface area contributed by atoms with E-state index in [0.29, 0.717) is 12.5 Å². The third-order valence-corrected chi connectivity index (χ3v) is 4.23. The molecule has 0 radical (unpaired) electrons. The van der Waals surface area contributed by atoms with E-state index in [1.165, 1.54) is 30.8 Å². The third-order valence-electron chi connectivity index (χ3n) is 4.23. The van der Waals surface area contributed by atoms with Gasteiger partial charge in [0.05, 0.1) is 5.71 Å². The molecule has 0 amide bonds. The van der Waals surface area contributed by atoms with Crippen LogP contribution in [-0.4, -0.2) is 36.9 Å². The van der Waals surface area contributed by atoms with Crippen LogP contribution in [0.3, 0.4) is 0 Å². The van der Waals surface area contributed by atoms with Crippen molar-refractivity contribution in [2.75, 3.05) is 26.2 Å². The van der Waals surface area contributed by atoms with Crippen LogP contribution in [0.5, 0.6) is 0 Å². The van der Waals surface area contributed by atoms with Crippen LogP contribution in [0.1, 0.15) is 24.5 Å². The van der Waals surface area contributed by atoms with Crippen molar-refractivity contribution in [2.24, 2.45) is 11.1 Å². The Morgan fingerprint density at radius 2 is 2.23 bits per heavy atom. The first-order valence-electron chi connectivity index (χ1n) is 7.87. The first-order chi connectivity index (χ1) is 10.7. The molecule has 2 aliphatic heterocycles. The number of rotatable bonds is 3. The summed E-state index contributed by atoms with van der Waals surface area (Å²) >= 11 is 0. The summed E-state index contributed by atoms with van der Waals surface area (Å²) in [5, 5.41) is 4.29. The lowest BCUT2D eigenvalue weighted by Crippen LogP contribution is -2.23.